The standard InChI is InChI=1S/C16H21N3O/c1-19-11-12(10-18-19)3-6-16-15-9-14(20-2)5-4-13(15)7-8-17-16/h4-5,9-11,16-17H,3,6-8H2,1-2H3. The van der Waals surface area contributed by atoms with Crippen molar-refractivity contribution in [1.29, 1.82) is 0 Å². The molecule has 0 saturated carbocycles. The van der Waals surface area contributed by atoms with Gasteiger partial charge in [-0.3, -0.25) is 4.68 Å². The van der Waals surface area contributed by atoms with Crippen LogP contribution in [0.1, 0.15) is 29.2 Å². The quantitative estimate of drug-likeness (QED) is 0.927. The lowest BCUT2D eigenvalue weighted by molar-refractivity contribution is 0.410. The van der Waals surface area contributed by atoms with E-state index in [1.165, 1.54) is 16.7 Å². The van der Waals surface area contributed by atoms with Crippen molar-refractivity contribution in [2.75, 3.05) is 13.7 Å². The van der Waals surface area contributed by atoms with E-state index in [9.17, 15) is 0 Å². The van der Waals surface area contributed by atoms with Crippen molar-refractivity contribution in [3.05, 3.63) is 47.3 Å². The van der Waals surface area contributed by atoms with Crippen LogP contribution in [0.3, 0.4) is 0 Å². The van der Waals surface area contributed by atoms with Crippen LogP contribution in [0.2, 0.25) is 0 Å². The third-order valence-electron chi connectivity index (χ3n) is 3.99. The minimum Gasteiger partial charge on any atom is -0.497 e. The number of aryl methyl sites for hydroxylation is 2. The molecule has 1 aliphatic heterocycles. The van der Waals surface area contributed by atoms with Gasteiger partial charge >= 0.3 is 0 Å². The van der Waals surface area contributed by atoms with Crippen molar-refractivity contribution in [3.8, 4) is 5.75 Å². The molecule has 2 heterocycles. The number of nitrogens with one attached hydrogen (secondary N) is 1. The normalized spacial score (nSPS) is 17.8. The van der Waals surface area contributed by atoms with Crippen LogP contribution >= 0.6 is 0 Å². The van der Waals surface area contributed by atoms with E-state index in [4.69, 9.17) is 4.74 Å². The Hall–Kier alpha value is -1.81. The van der Waals surface area contributed by atoms with Gasteiger partial charge in [0.05, 0.1) is 13.3 Å². The third kappa shape index (κ3) is 2.70. The van der Waals surface area contributed by atoms with Crippen molar-refractivity contribution < 1.29 is 4.74 Å². The summed E-state index contributed by atoms with van der Waals surface area (Å²) in [7, 11) is 3.69. The van der Waals surface area contributed by atoms with E-state index < -0.39 is 0 Å². The van der Waals surface area contributed by atoms with Crippen LogP contribution in [0.4, 0.5) is 0 Å². The SMILES string of the molecule is COc1ccc2c(c1)C(CCc1cnn(C)c1)NCC2. The maximum Gasteiger partial charge on any atom is 0.119 e. The van der Waals surface area contributed by atoms with Crippen LogP contribution in [-0.2, 0) is 19.9 Å². The Balaban J connectivity index is 1.75. The van der Waals surface area contributed by atoms with Gasteiger partial charge in [0.25, 0.3) is 0 Å². The Morgan fingerprint density at radius 3 is 3.10 bits per heavy atom. The minimum atomic E-state index is 0.411. The number of aromatic nitrogens is 2. The molecule has 0 radical (unpaired) electrons. The first kappa shape index (κ1) is 13.2. The van der Waals surface area contributed by atoms with Crippen LogP contribution < -0.4 is 10.1 Å². The molecule has 20 heavy (non-hydrogen) atoms. The van der Waals surface area contributed by atoms with E-state index in [0.717, 1.165) is 31.6 Å². The summed E-state index contributed by atoms with van der Waals surface area (Å²) in [5.74, 6) is 0.943. The van der Waals surface area contributed by atoms with E-state index >= 15 is 0 Å². The largest absolute Gasteiger partial charge is 0.497 e. The Morgan fingerprint density at radius 2 is 2.35 bits per heavy atom. The molecule has 1 aromatic carbocycles. The summed E-state index contributed by atoms with van der Waals surface area (Å²) in [4.78, 5) is 0. The number of rotatable bonds is 4. The first-order chi connectivity index (χ1) is 9.76. The number of nitrogens with zero attached hydrogens (tertiary/aromatic N) is 2. The van der Waals surface area contributed by atoms with Gasteiger partial charge in [0.1, 0.15) is 5.75 Å². The highest BCUT2D eigenvalue weighted by Gasteiger charge is 2.20. The summed E-state index contributed by atoms with van der Waals surface area (Å²) in [6.07, 6.45) is 7.28. The first-order valence-electron chi connectivity index (χ1n) is 7.14. The predicted molar refractivity (Wildman–Crippen MR) is 79.0 cm³/mol. The van der Waals surface area contributed by atoms with Crippen LogP contribution in [-0.4, -0.2) is 23.4 Å². The fourth-order valence-electron chi connectivity index (χ4n) is 2.91. The topological polar surface area (TPSA) is 39.1 Å². The van der Waals surface area contributed by atoms with E-state index in [1.54, 1.807) is 7.11 Å². The molecule has 0 spiro atoms. The highest BCUT2D eigenvalue weighted by atomic mass is 16.5. The van der Waals surface area contributed by atoms with E-state index in [2.05, 4.69) is 34.8 Å². The number of ether oxygens (including phenoxy) is 1. The predicted octanol–water partition coefficient (Wildman–Crippen LogP) is 2.25. The summed E-state index contributed by atoms with van der Waals surface area (Å²) in [6.45, 7) is 1.05. The molecule has 0 aliphatic carbocycles. The van der Waals surface area contributed by atoms with Crippen molar-refractivity contribution in [2.45, 2.75) is 25.3 Å². The molecule has 3 rings (SSSR count). The molecule has 4 nitrogen and oxygen atoms in total. The van der Waals surface area contributed by atoms with Gasteiger partial charge in [-0.25, -0.2) is 0 Å². The number of hydrogen-bond acceptors (Lipinski definition) is 3. The molecule has 1 N–H and O–H groups in total. The summed E-state index contributed by atoms with van der Waals surface area (Å²) in [5, 5.41) is 7.85. The van der Waals surface area contributed by atoms with E-state index in [-0.39, 0.29) is 0 Å². The van der Waals surface area contributed by atoms with Crippen molar-refractivity contribution >= 4 is 0 Å². The van der Waals surface area contributed by atoms with Crippen LogP contribution in [0.15, 0.2) is 30.6 Å². The van der Waals surface area contributed by atoms with Crippen LogP contribution in [0.25, 0.3) is 0 Å². The fourth-order valence-corrected chi connectivity index (χ4v) is 2.91. The lowest BCUT2D eigenvalue weighted by Gasteiger charge is -2.27. The molecule has 1 aliphatic rings. The Labute approximate surface area is 119 Å². The minimum absolute atomic E-state index is 0.411. The molecule has 4 heteroatoms. The van der Waals surface area contributed by atoms with Crippen molar-refractivity contribution in [2.24, 2.45) is 7.05 Å². The third-order valence-corrected chi connectivity index (χ3v) is 3.99. The molecule has 0 saturated heterocycles. The number of hydrogen-bond donors (Lipinski definition) is 1. The Kier molecular flexibility index (Phi) is 3.74. The average Bonchev–Trinajstić information content (AvgIpc) is 2.90. The Morgan fingerprint density at radius 1 is 1.45 bits per heavy atom. The van der Waals surface area contributed by atoms with Gasteiger partial charge in [-0.05, 0) is 54.6 Å². The second-order valence-electron chi connectivity index (χ2n) is 5.38. The first-order valence-corrected chi connectivity index (χ1v) is 7.14. The lowest BCUT2D eigenvalue weighted by Crippen LogP contribution is -2.30. The van der Waals surface area contributed by atoms with Crippen molar-refractivity contribution in [3.63, 3.8) is 0 Å². The van der Waals surface area contributed by atoms with Gasteiger partial charge in [-0.1, -0.05) is 6.07 Å². The summed E-state index contributed by atoms with van der Waals surface area (Å²) < 4.78 is 7.22. The fraction of sp³-hybridized carbons (Fsp3) is 0.438. The molecule has 1 unspecified atom stereocenters. The molecule has 0 fully saturated rings. The zero-order chi connectivity index (χ0) is 13.9. The molecule has 1 atom stereocenters. The highest BCUT2D eigenvalue weighted by molar-refractivity contribution is 5.39. The molecule has 0 amide bonds. The van der Waals surface area contributed by atoms with Gasteiger partial charge in [-0.15, -0.1) is 0 Å². The molecule has 2 aromatic rings. The van der Waals surface area contributed by atoms with Gasteiger partial charge in [0.15, 0.2) is 0 Å². The van der Waals surface area contributed by atoms with Gasteiger partial charge in [0.2, 0.25) is 0 Å². The number of methoxy groups -OCH3 is 1. The van der Waals surface area contributed by atoms with Crippen LogP contribution in [0.5, 0.6) is 5.75 Å². The summed E-state index contributed by atoms with van der Waals surface area (Å²) in [6, 6.07) is 6.85. The molecular weight excluding hydrogens is 250 g/mol. The molecule has 106 valence electrons. The second-order valence-corrected chi connectivity index (χ2v) is 5.38. The lowest BCUT2D eigenvalue weighted by atomic mass is 9.91. The van der Waals surface area contributed by atoms with Gasteiger partial charge in [0, 0.05) is 19.3 Å². The number of fused-ring (bicyclic) bond motifs is 1. The van der Waals surface area contributed by atoms with Crippen molar-refractivity contribution in [1.82, 2.24) is 15.1 Å². The van der Waals surface area contributed by atoms with E-state index in [1.807, 2.05) is 17.9 Å². The maximum absolute atomic E-state index is 5.35. The zero-order valence-electron chi connectivity index (χ0n) is 12.1. The summed E-state index contributed by atoms with van der Waals surface area (Å²) >= 11 is 0. The second kappa shape index (κ2) is 5.67. The average molecular weight is 271 g/mol. The molecular formula is C16H21N3O. The zero-order valence-corrected chi connectivity index (χ0v) is 12.1. The van der Waals surface area contributed by atoms with Gasteiger partial charge < -0.3 is 10.1 Å². The highest BCUT2D eigenvalue weighted by Crippen LogP contribution is 2.29. The van der Waals surface area contributed by atoms with Crippen LogP contribution in [0, 0.1) is 0 Å². The monoisotopic (exact) mass is 271 g/mol. The Bertz CT molecular complexity index is 591. The maximum atomic E-state index is 5.35. The van der Waals surface area contributed by atoms with Gasteiger partial charge in [-0.2, -0.15) is 5.10 Å². The molecule has 0 bridgehead atoms. The smallest absolute Gasteiger partial charge is 0.119 e. The molecule has 1 aromatic heterocycles. The number of benzene rings is 1. The summed E-state index contributed by atoms with van der Waals surface area (Å²) in [5.41, 5.74) is 4.13. The van der Waals surface area contributed by atoms with E-state index in [0.29, 0.717) is 6.04 Å².